The van der Waals surface area contributed by atoms with Crippen molar-refractivity contribution >= 4 is 5.97 Å². The standard InChI is InChI=1S/C32H42O9/c1-13(2)27(35)37-12-18-7-22(39-31(36)17-4-16-5-19-25(34)20(31)10-29(16,19)9-17)26-28(38-18)41-32(40-26)21-11-30-8-14(24(21)33)3-15(30)6-23(30)32/h14-26,28,33-34,36H,1,3-12H2,2H3/t14?,15?,16?,17?,18-,19?,20?,21?,22-,23?,24?,25?,26+,28-,29?,30?,31?,32?/m0/s1. The van der Waals surface area contributed by atoms with Gasteiger partial charge in [-0.15, -0.1) is 0 Å². The molecule has 10 rings (SSSR count). The third-order valence-electron chi connectivity index (χ3n) is 14.7. The van der Waals surface area contributed by atoms with Crippen molar-refractivity contribution in [1.29, 1.82) is 0 Å². The number of hydrogen-bond acceptors (Lipinski definition) is 9. The lowest BCUT2D eigenvalue weighted by molar-refractivity contribution is -0.334. The number of carbonyl (C=O) groups is 1. The average Bonchev–Trinajstić information content (AvgIpc) is 3.60. The molecule has 0 amide bonds. The molecule has 41 heavy (non-hydrogen) atoms. The third kappa shape index (κ3) is 2.75. The van der Waals surface area contributed by atoms with Crippen LogP contribution >= 0.6 is 0 Å². The summed E-state index contributed by atoms with van der Waals surface area (Å²) in [5, 5.41) is 35.1. The van der Waals surface area contributed by atoms with Gasteiger partial charge in [0.2, 0.25) is 0 Å². The van der Waals surface area contributed by atoms with Gasteiger partial charge in [0.15, 0.2) is 17.9 Å². The van der Waals surface area contributed by atoms with E-state index in [4.69, 9.17) is 23.7 Å². The number of carbonyl (C=O) groups excluding carboxylic acids is 1. The minimum Gasteiger partial charge on any atom is -0.460 e. The molecule has 0 aromatic heterocycles. The molecule has 2 heterocycles. The molecule has 0 aromatic carbocycles. The molecular formula is C32H42O9. The third-order valence-corrected chi connectivity index (χ3v) is 14.7. The monoisotopic (exact) mass is 570 g/mol. The van der Waals surface area contributed by atoms with Crippen molar-refractivity contribution in [2.75, 3.05) is 6.61 Å². The van der Waals surface area contributed by atoms with E-state index in [0.717, 1.165) is 51.4 Å². The van der Waals surface area contributed by atoms with Gasteiger partial charge in [-0.05, 0) is 92.8 Å². The Kier molecular flexibility index (Phi) is 4.68. The van der Waals surface area contributed by atoms with Crippen molar-refractivity contribution < 1.29 is 43.8 Å². The second-order valence-electron chi connectivity index (χ2n) is 16.0. The van der Waals surface area contributed by atoms with Crippen LogP contribution in [0.15, 0.2) is 12.2 Å². The lowest BCUT2D eigenvalue weighted by Crippen LogP contribution is -2.58. The Balaban J connectivity index is 0.977. The topological polar surface area (TPSA) is 124 Å². The SMILES string of the molecule is C=C(C)C(=O)OC[C@@H]1C[C@H](OC2(O)C3CC4CC5C(O)C2CC45C3)[C@H]2OC3(O[C@@H]2O1)C1CC24CC(CC2CC43)C1O. The largest absolute Gasteiger partial charge is 0.460 e. The van der Waals surface area contributed by atoms with E-state index in [0.29, 0.717) is 29.7 Å². The molecule has 9 nitrogen and oxygen atoms in total. The second kappa shape index (κ2) is 7.59. The van der Waals surface area contributed by atoms with Gasteiger partial charge in [0.05, 0.1) is 24.4 Å². The van der Waals surface area contributed by atoms with Crippen molar-refractivity contribution in [3.63, 3.8) is 0 Å². The molecule has 6 bridgehead atoms. The van der Waals surface area contributed by atoms with E-state index in [1.807, 2.05) is 0 Å². The molecule has 0 radical (unpaired) electrons. The Morgan fingerprint density at radius 3 is 2.54 bits per heavy atom. The highest BCUT2D eigenvalue weighted by Gasteiger charge is 2.82. The highest BCUT2D eigenvalue weighted by atomic mass is 16.8. The quantitative estimate of drug-likeness (QED) is 0.259. The van der Waals surface area contributed by atoms with E-state index >= 15 is 0 Å². The van der Waals surface area contributed by atoms with Crippen molar-refractivity contribution in [1.82, 2.24) is 0 Å². The molecule has 2 saturated heterocycles. The molecule has 3 spiro atoms. The summed E-state index contributed by atoms with van der Waals surface area (Å²) in [5.74, 6) is -1.27. The van der Waals surface area contributed by atoms with Crippen LogP contribution in [0.2, 0.25) is 0 Å². The molecule has 18 atom stereocenters. The molecular weight excluding hydrogens is 528 g/mol. The van der Waals surface area contributed by atoms with Gasteiger partial charge in [0, 0.05) is 35.7 Å². The van der Waals surface area contributed by atoms with Gasteiger partial charge in [-0.3, -0.25) is 0 Å². The number of ether oxygens (including phenoxy) is 5. The van der Waals surface area contributed by atoms with E-state index < -0.39 is 54.4 Å². The molecule has 224 valence electrons. The predicted molar refractivity (Wildman–Crippen MR) is 139 cm³/mol. The molecule has 9 heteroatoms. The predicted octanol–water partition coefficient (Wildman–Crippen LogP) is 2.26. The molecule has 14 unspecified atom stereocenters. The summed E-state index contributed by atoms with van der Waals surface area (Å²) in [7, 11) is 0. The summed E-state index contributed by atoms with van der Waals surface area (Å²) in [5.41, 5.74) is 0.704. The van der Waals surface area contributed by atoms with E-state index in [9.17, 15) is 20.1 Å². The fourth-order valence-corrected chi connectivity index (χ4v) is 13.1. The summed E-state index contributed by atoms with van der Waals surface area (Å²) in [4.78, 5) is 12.2. The highest BCUT2D eigenvalue weighted by Crippen LogP contribution is 2.80. The summed E-state index contributed by atoms with van der Waals surface area (Å²) in [6.07, 6.45) is 4.83. The smallest absolute Gasteiger partial charge is 0.333 e. The van der Waals surface area contributed by atoms with Crippen molar-refractivity contribution in [3.8, 4) is 0 Å². The number of aliphatic hydroxyl groups excluding tert-OH is 2. The highest BCUT2D eigenvalue weighted by molar-refractivity contribution is 5.86. The number of aliphatic hydroxyl groups is 3. The maximum absolute atomic E-state index is 12.3. The normalized spacial score (nSPS) is 64.7. The van der Waals surface area contributed by atoms with E-state index in [-0.39, 0.29) is 47.0 Å². The lowest BCUT2D eigenvalue weighted by Gasteiger charge is -2.52. The van der Waals surface area contributed by atoms with Crippen molar-refractivity contribution in [2.24, 2.45) is 58.2 Å². The summed E-state index contributed by atoms with van der Waals surface area (Å²) in [6, 6.07) is 0. The van der Waals surface area contributed by atoms with Crippen LogP contribution < -0.4 is 0 Å². The van der Waals surface area contributed by atoms with Gasteiger partial charge in [-0.25, -0.2) is 4.79 Å². The van der Waals surface area contributed by atoms with Gasteiger partial charge >= 0.3 is 5.97 Å². The zero-order valence-corrected chi connectivity index (χ0v) is 23.7. The van der Waals surface area contributed by atoms with Crippen LogP contribution in [0.4, 0.5) is 0 Å². The number of esters is 1. The first kappa shape index (κ1) is 25.3. The van der Waals surface area contributed by atoms with Crippen LogP contribution in [-0.2, 0) is 28.5 Å². The van der Waals surface area contributed by atoms with Gasteiger partial charge in [0.1, 0.15) is 12.7 Å². The van der Waals surface area contributed by atoms with Crippen LogP contribution in [0.1, 0.15) is 64.7 Å². The lowest BCUT2D eigenvalue weighted by atomic mass is 9.55. The van der Waals surface area contributed by atoms with Crippen LogP contribution in [0.25, 0.3) is 0 Å². The minimum absolute atomic E-state index is 0.0137. The first-order chi connectivity index (χ1) is 19.6. The molecule has 0 aromatic rings. The maximum Gasteiger partial charge on any atom is 0.333 e. The molecule has 8 aliphatic carbocycles. The zero-order valence-electron chi connectivity index (χ0n) is 23.7. The Morgan fingerprint density at radius 1 is 0.902 bits per heavy atom. The second-order valence-corrected chi connectivity index (χ2v) is 16.0. The Bertz CT molecular complexity index is 1240. The van der Waals surface area contributed by atoms with Gasteiger partial charge < -0.3 is 39.0 Å². The Morgan fingerprint density at radius 2 is 1.71 bits per heavy atom. The van der Waals surface area contributed by atoms with Gasteiger partial charge in [0.25, 0.3) is 0 Å². The fourth-order valence-electron chi connectivity index (χ4n) is 13.1. The van der Waals surface area contributed by atoms with E-state index in [1.165, 1.54) is 0 Å². The summed E-state index contributed by atoms with van der Waals surface area (Å²) in [6.45, 7) is 5.32. The number of hydrogen-bond donors (Lipinski definition) is 3. The molecule has 8 saturated carbocycles. The Hall–Kier alpha value is -1.07. The van der Waals surface area contributed by atoms with Gasteiger partial charge in [-0.1, -0.05) is 6.58 Å². The van der Waals surface area contributed by atoms with Crippen molar-refractivity contribution in [2.45, 2.75) is 113 Å². The Labute approximate surface area is 239 Å². The average molecular weight is 571 g/mol. The zero-order chi connectivity index (χ0) is 27.8. The van der Waals surface area contributed by atoms with Crippen LogP contribution in [-0.4, -0.2) is 76.3 Å². The molecule has 10 aliphatic rings. The molecule has 2 aliphatic heterocycles. The number of fused-ring (bicyclic) bond motifs is 7. The summed E-state index contributed by atoms with van der Waals surface area (Å²) < 4.78 is 32.6. The molecule has 3 N–H and O–H groups in total. The van der Waals surface area contributed by atoms with Crippen LogP contribution in [0.5, 0.6) is 0 Å². The minimum atomic E-state index is -1.44. The molecule has 10 fully saturated rings. The maximum atomic E-state index is 12.3. The van der Waals surface area contributed by atoms with E-state index in [2.05, 4.69) is 6.58 Å². The fraction of sp³-hybridized carbons (Fsp3) is 0.906. The van der Waals surface area contributed by atoms with Crippen LogP contribution in [0.3, 0.4) is 0 Å². The summed E-state index contributed by atoms with van der Waals surface area (Å²) >= 11 is 0. The first-order valence-electron chi connectivity index (χ1n) is 16.2. The first-order valence-corrected chi connectivity index (χ1v) is 16.2. The van der Waals surface area contributed by atoms with Crippen LogP contribution in [0, 0.1) is 58.2 Å². The van der Waals surface area contributed by atoms with Gasteiger partial charge in [-0.2, -0.15) is 0 Å². The number of rotatable bonds is 5. The van der Waals surface area contributed by atoms with E-state index in [1.54, 1.807) is 6.92 Å². The van der Waals surface area contributed by atoms with Crippen molar-refractivity contribution in [3.05, 3.63) is 12.2 Å².